The Labute approximate surface area is 94.2 Å². The maximum atomic E-state index is 11.7. The van der Waals surface area contributed by atoms with Crippen molar-refractivity contribution in [1.29, 1.82) is 0 Å². The van der Waals surface area contributed by atoms with Crippen molar-refractivity contribution in [1.82, 2.24) is 5.32 Å². The summed E-state index contributed by atoms with van der Waals surface area (Å²) in [5.41, 5.74) is 0.230. The van der Waals surface area contributed by atoms with Crippen molar-refractivity contribution >= 4 is 5.91 Å². The van der Waals surface area contributed by atoms with E-state index in [-0.39, 0.29) is 29.0 Å². The molecule has 1 aromatic rings. The van der Waals surface area contributed by atoms with Gasteiger partial charge in [-0.15, -0.1) is 6.58 Å². The van der Waals surface area contributed by atoms with Crippen LogP contribution in [0.2, 0.25) is 0 Å². The third kappa shape index (κ3) is 3.31. The Morgan fingerprint density at radius 2 is 2.00 bits per heavy atom. The lowest BCUT2D eigenvalue weighted by Gasteiger charge is -2.11. The number of aromatic hydroxyl groups is 2. The second kappa shape index (κ2) is 5.21. The molecule has 0 aliphatic carbocycles. The smallest absolute Gasteiger partial charge is 0.251 e. The molecule has 0 spiro atoms. The van der Waals surface area contributed by atoms with E-state index in [4.69, 9.17) is 0 Å². The van der Waals surface area contributed by atoms with E-state index in [2.05, 4.69) is 11.9 Å². The van der Waals surface area contributed by atoms with Gasteiger partial charge in [-0.1, -0.05) is 6.08 Å². The predicted octanol–water partition coefficient (Wildman–Crippen LogP) is 1.79. The second-order valence-corrected chi connectivity index (χ2v) is 3.64. The van der Waals surface area contributed by atoms with Crippen LogP contribution in [0.1, 0.15) is 23.7 Å². The summed E-state index contributed by atoms with van der Waals surface area (Å²) >= 11 is 0. The first-order valence-corrected chi connectivity index (χ1v) is 4.97. The van der Waals surface area contributed by atoms with Gasteiger partial charge < -0.3 is 15.5 Å². The van der Waals surface area contributed by atoms with Crippen LogP contribution in [0.25, 0.3) is 0 Å². The first-order chi connectivity index (χ1) is 7.52. The molecule has 16 heavy (non-hydrogen) atoms. The summed E-state index contributed by atoms with van der Waals surface area (Å²) in [6.07, 6.45) is 2.38. The standard InChI is InChI=1S/C12H15NO3/c1-3-4-8(2)13-12(16)9-5-10(14)7-11(15)6-9/h3,5-8,14-15H,1,4H2,2H3,(H,13,16). The van der Waals surface area contributed by atoms with E-state index in [1.54, 1.807) is 6.08 Å². The zero-order valence-corrected chi connectivity index (χ0v) is 9.10. The fraction of sp³-hybridized carbons (Fsp3) is 0.250. The summed E-state index contributed by atoms with van der Waals surface area (Å²) in [5, 5.41) is 21.2. The molecule has 0 aromatic heterocycles. The van der Waals surface area contributed by atoms with Crippen LogP contribution in [-0.4, -0.2) is 22.2 Å². The fourth-order valence-electron chi connectivity index (χ4n) is 1.34. The van der Waals surface area contributed by atoms with Crippen molar-refractivity contribution < 1.29 is 15.0 Å². The molecule has 1 unspecified atom stereocenters. The third-order valence-corrected chi connectivity index (χ3v) is 2.06. The number of phenolic OH excluding ortho intramolecular Hbond substituents is 2. The normalized spacial score (nSPS) is 11.8. The lowest BCUT2D eigenvalue weighted by molar-refractivity contribution is 0.0939. The van der Waals surface area contributed by atoms with Crippen LogP contribution in [0.5, 0.6) is 11.5 Å². The van der Waals surface area contributed by atoms with Crippen molar-refractivity contribution in [2.75, 3.05) is 0 Å². The highest BCUT2D eigenvalue weighted by Crippen LogP contribution is 2.20. The maximum Gasteiger partial charge on any atom is 0.251 e. The summed E-state index contributed by atoms with van der Waals surface area (Å²) < 4.78 is 0. The van der Waals surface area contributed by atoms with Gasteiger partial charge in [-0.2, -0.15) is 0 Å². The van der Waals surface area contributed by atoms with E-state index < -0.39 is 0 Å². The molecular formula is C12H15NO3. The molecule has 1 amide bonds. The third-order valence-electron chi connectivity index (χ3n) is 2.06. The number of carbonyl (C=O) groups is 1. The molecule has 0 aliphatic rings. The summed E-state index contributed by atoms with van der Waals surface area (Å²) in [6, 6.07) is 3.74. The molecule has 0 bridgehead atoms. The summed E-state index contributed by atoms with van der Waals surface area (Å²) in [7, 11) is 0. The van der Waals surface area contributed by atoms with E-state index in [0.717, 1.165) is 0 Å². The van der Waals surface area contributed by atoms with Gasteiger partial charge >= 0.3 is 0 Å². The van der Waals surface area contributed by atoms with Crippen molar-refractivity contribution in [3.63, 3.8) is 0 Å². The fourth-order valence-corrected chi connectivity index (χ4v) is 1.34. The monoisotopic (exact) mass is 221 g/mol. The molecule has 0 saturated carbocycles. The minimum atomic E-state index is -0.333. The number of rotatable bonds is 4. The van der Waals surface area contributed by atoms with Gasteiger partial charge in [-0.25, -0.2) is 0 Å². The van der Waals surface area contributed by atoms with Crippen LogP contribution in [0.15, 0.2) is 30.9 Å². The van der Waals surface area contributed by atoms with Gasteiger partial charge in [0.2, 0.25) is 0 Å². The van der Waals surface area contributed by atoms with E-state index in [1.807, 2.05) is 6.92 Å². The average Bonchev–Trinajstić information content (AvgIpc) is 2.16. The van der Waals surface area contributed by atoms with Crippen molar-refractivity contribution in [2.45, 2.75) is 19.4 Å². The molecule has 0 saturated heterocycles. The predicted molar refractivity (Wildman–Crippen MR) is 61.5 cm³/mol. The van der Waals surface area contributed by atoms with Gasteiger partial charge in [-0.05, 0) is 25.5 Å². The van der Waals surface area contributed by atoms with Crippen LogP contribution >= 0.6 is 0 Å². The highest BCUT2D eigenvalue weighted by Gasteiger charge is 2.10. The van der Waals surface area contributed by atoms with Gasteiger partial charge in [0, 0.05) is 17.7 Å². The van der Waals surface area contributed by atoms with Crippen LogP contribution in [-0.2, 0) is 0 Å². The van der Waals surface area contributed by atoms with E-state index in [0.29, 0.717) is 6.42 Å². The molecule has 0 heterocycles. The number of nitrogens with one attached hydrogen (secondary N) is 1. The Balaban J connectivity index is 2.76. The first kappa shape index (κ1) is 12.1. The highest BCUT2D eigenvalue weighted by atomic mass is 16.3. The molecule has 86 valence electrons. The Bertz CT molecular complexity index is 381. The Kier molecular flexibility index (Phi) is 3.94. The number of hydrogen-bond donors (Lipinski definition) is 3. The molecule has 0 aliphatic heterocycles. The highest BCUT2D eigenvalue weighted by molar-refractivity contribution is 5.95. The summed E-state index contributed by atoms with van der Waals surface area (Å²) in [4.78, 5) is 11.7. The molecule has 1 aromatic carbocycles. The molecule has 0 radical (unpaired) electrons. The van der Waals surface area contributed by atoms with Gasteiger partial charge in [0.05, 0.1) is 0 Å². The molecule has 1 rings (SSSR count). The molecule has 4 nitrogen and oxygen atoms in total. The number of amides is 1. The van der Waals surface area contributed by atoms with E-state index in [9.17, 15) is 15.0 Å². The van der Waals surface area contributed by atoms with Gasteiger partial charge in [0.1, 0.15) is 11.5 Å². The lowest BCUT2D eigenvalue weighted by Crippen LogP contribution is -2.32. The Hall–Kier alpha value is -1.97. The largest absolute Gasteiger partial charge is 0.508 e. The van der Waals surface area contributed by atoms with Crippen molar-refractivity contribution in [2.24, 2.45) is 0 Å². The zero-order valence-electron chi connectivity index (χ0n) is 9.10. The van der Waals surface area contributed by atoms with Gasteiger partial charge in [0.15, 0.2) is 0 Å². The first-order valence-electron chi connectivity index (χ1n) is 4.97. The lowest BCUT2D eigenvalue weighted by atomic mass is 10.1. The summed E-state index contributed by atoms with van der Waals surface area (Å²) in [6.45, 7) is 5.43. The van der Waals surface area contributed by atoms with Gasteiger partial charge in [0.25, 0.3) is 5.91 Å². The number of carbonyl (C=O) groups excluding carboxylic acids is 1. The molecule has 0 fully saturated rings. The number of hydrogen-bond acceptors (Lipinski definition) is 3. The molecular weight excluding hydrogens is 206 g/mol. The molecule has 4 heteroatoms. The minimum absolute atomic E-state index is 0.0329. The van der Waals surface area contributed by atoms with Crippen LogP contribution in [0.4, 0.5) is 0 Å². The van der Waals surface area contributed by atoms with Crippen molar-refractivity contribution in [3.8, 4) is 11.5 Å². The summed E-state index contributed by atoms with van der Waals surface area (Å²) in [5.74, 6) is -0.608. The topological polar surface area (TPSA) is 69.6 Å². The average molecular weight is 221 g/mol. The maximum absolute atomic E-state index is 11.7. The van der Waals surface area contributed by atoms with E-state index >= 15 is 0 Å². The number of phenols is 2. The quantitative estimate of drug-likeness (QED) is 0.679. The molecule has 3 N–H and O–H groups in total. The molecule has 1 atom stereocenters. The SMILES string of the molecule is C=CCC(C)NC(=O)c1cc(O)cc(O)c1. The second-order valence-electron chi connectivity index (χ2n) is 3.64. The van der Waals surface area contributed by atoms with Crippen LogP contribution in [0, 0.1) is 0 Å². The Morgan fingerprint density at radius 1 is 1.44 bits per heavy atom. The van der Waals surface area contributed by atoms with Gasteiger partial charge in [-0.3, -0.25) is 4.79 Å². The Morgan fingerprint density at radius 3 is 2.50 bits per heavy atom. The van der Waals surface area contributed by atoms with E-state index in [1.165, 1.54) is 18.2 Å². The van der Waals surface area contributed by atoms with Crippen LogP contribution < -0.4 is 5.32 Å². The van der Waals surface area contributed by atoms with Crippen molar-refractivity contribution in [3.05, 3.63) is 36.4 Å². The number of benzene rings is 1. The van der Waals surface area contributed by atoms with Crippen LogP contribution in [0.3, 0.4) is 0 Å². The minimum Gasteiger partial charge on any atom is -0.508 e. The zero-order chi connectivity index (χ0) is 12.1.